The SMILES string of the molecule is Cc1cccc2cccc(N3CCc4c(nc(OC[C@@H]5CCCN5C)c(C#N)c4N4CCN(C(=O)O)CC4)C3)c12. The predicted octanol–water partition coefficient (Wildman–Crippen LogP) is 4.25. The summed E-state index contributed by atoms with van der Waals surface area (Å²) in [7, 11) is 2.12. The van der Waals surface area contributed by atoms with Crippen LogP contribution in [0.25, 0.3) is 10.8 Å². The van der Waals surface area contributed by atoms with Gasteiger partial charge in [0.25, 0.3) is 0 Å². The topological polar surface area (TPSA) is 96.2 Å². The first kappa shape index (κ1) is 26.2. The highest BCUT2D eigenvalue weighted by Gasteiger charge is 2.32. The monoisotopic (exact) mass is 540 g/mol. The Morgan fingerprint density at radius 3 is 2.58 bits per heavy atom. The van der Waals surface area contributed by atoms with Gasteiger partial charge in [0.1, 0.15) is 18.2 Å². The number of hydrogen-bond acceptors (Lipinski definition) is 7. The fourth-order valence-electron chi connectivity index (χ4n) is 6.55. The van der Waals surface area contributed by atoms with Crippen LogP contribution in [-0.4, -0.2) is 84.9 Å². The van der Waals surface area contributed by atoms with Crippen molar-refractivity contribution in [2.24, 2.45) is 0 Å². The van der Waals surface area contributed by atoms with Crippen molar-refractivity contribution in [2.45, 2.75) is 38.8 Å². The molecule has 1 N–H and O–H groups in total. The van der Waals surface area contributed by atoms with Gasteiger partial charge < -0.3 is 29.4 Å². The molecule has 208 valence electrons. The van der Waals surface area contributed by atoms with E-state index in [1.807, 2.05) is 0 Å². The van der Waals surface area contributed by atoms with Crippen LogP contribution < -0.4 is 14.5 Å². The molecule has 2 aromatic carbocycles. The van der Waals surface area contributed by atoms with Crippen LogP contribution >= 0.6 is 0 Å². The lowest BCUT2D eigenvalue weighted by atomic mass is 9.96. The maximum absolute atomic E-state index is 11.5. The maximum Gasteiger partial charge on any atom is 0.407 e. The zero-order valence-corrected chi connectivity index (χ0v) is 23.3. The van der Waals surface area contributed by atoms with E-state index in [1.165, 1.54) is 26.9 Å². The molecule has 0 bridgehead atoms. The van der Waals surface area contributed by atoms with Crippen LogP contribution in [0.3, 0.4) is 0 Å². The molecule has 0 radical (unpaired) electrons. The summed E-state index contributed by atoms with van der Waals surface area (Å²) < 4.78 is 6.34. The zero-order valence-electron chi connectivity index (χ0n) is 23.3. The zero-order chi connectivity index (χ0) is 27.8. The molecule has 9 heteroatoms. The Labute approximate surface area is 235 Å². The smallest absolute Gasteiger partial charge is 0.407 e. The molecule has 1 atom stereocenters. The van der Waals surface area contributed by atoms with Crippen LogP contribution in [0.1, 0.15) is 35.2 Å². The number of likely N-dealkylation sites (N-methyl/N-ethyl adjacent to an activating group) is 1. The van der Waals surface area contributed by atoms with Gasteiger partial charge in [0.15, 0.2) is 0 Å². The molecule has 0 unspecified atom stereocenters. The van der Waals surface area contributed by atoms with E-state index < -0.39 is 6.09 Å². The minimum atomic E-state index is -0.900. The third-order valence-corrected chi connectivity index (χ3v) is 8.79. The molecule has 2 fully saturated rings. The van der Waals surface area contributed by atoms with E-state index in [2.05, 4.69) is 71.1 Å². The Hall–Kier alpha value is -4.03. The molecule has 9 nitrogen and oxygen atoms in total. The molecular formula is C31H36N6O3. The Morgan fingerprint density at radius 2 is 1.88 bits per heavy atom. The average Bonchev–Trinajstić information content (AvgIpc) is 3.39. The van der Waals surface area contributed by atoms with Gasteiger partial charge in [-0.1, -0.05) is 30.3 Å². The number of aryl methyl sites for hydroxylation is 1. The van der Waals surface area contributed by atoms with E-state index in [4.69, 9.17) is 9.72 Å². The molecule has 6 rings (SSSR count). The summed E-state index contributed by atoms with van der Waals surface area (Å²) in [6, 6.07) is 15.6. The lowest BCUT2D eigenvalue weighted by Crippen LogP contribution is -2.49. The standard InChI is InChI=1S/C31H36N6O3/c1-21-6-3-7-22-8-4-10-27(28(21)22)37-13-11-24-26(19-37)33-30(40-20-23-9-5-12-34(23)2)25(18-32)29(24)35-14-16-36(17-15-35)31(38)39/h3-4,6-8,10,23H,5,9,11-17,19-20H2,1-2H3,(H,38,39)/t23-/m0/s1. The Morgan fingerprint density at radius 1 is 1.10 bits per heavy atom. The summed E-state index contributed by atoms with van der Waals surface area (Å²) in [5.41, 5.74) is 5.80. The number of nitriles is 1. The van der Waals surface area contributed by atoms with Crippen molar-refractivity contribution in [1.29, 1.82) is 5.26 Å². The number of benzene rings is 2. The van der Waals surface area contributed by atoms with Gasteiger partial charge in [-0.25, -0.2) is 9.78 Å². The fraction of sp³-hybridized carbons (Fsp3) is 0.452. The normalized spacial score (nSPS) is 19.5. The molecule has 3 aromatic rings. The average molecular weight is 541 g/mol. The molecule has 0 aliphatic carbocycles. The number of hydrogen-bond donors (Lipinski definition) is 1. The number of nitrogens with zero attached hydrogens (tertiary/aromatic N) is 6. The molecule has 3 aliphatic rings. The maximum atomic E-state index is 11.5. The van der Waals surface area contributed by atoms with Crippen molar-refractivity contribution in [3.63, 3.8) is 0 Å². The molecular weight excluding hydrogens is 504 g/mol. The van der Waals surface area contributed by atoms with Gasteiger partial charge in [0, 0.05) is 55.4 Å². The van der Waals surface area contributed by atoms with E-state index in [0.29, 0.717) is 56.8 Å². The molecule has 1 aromatic heterocycles. The minimum absolute atomic E-state index is 0.307. The van der Waals surface area contributed by atoms with Gasteiger partial charge in [-0.2, -0.15) is 5.26 Å². The second kappa shape index (κ2) is 10.9. The number of aromatic nitrogens is 1. The van der Waals surface area contributed by atoms with Gasteiger partial charge >= 0.3 is 6.09 Å². The summed E-state index contributed by atoms with van der Waals surface area (Å²) >= 11 is 0. The van der Waals surface area contributed by atoms with Gasteiger partial charge in [-0.05, 0) is 56.8 Å². The molecule has 40 heavy (non-hydrogen) atoms. The highest BCUT2D eigenvalue weighted by atomic mass is 16.5. The summed E-state index contributed by atoms with van der Waals surface area (Å²) in [5, 5.41) is 22.3. The number of carboxylic acid groups (broad SMARTS) is 1. The Kier molecular flexibility index (Phi) is 7.11. The third kappa shape index (κ3) is 4.77. The largest absolute Gasteiger partial charge is 0.475 e. The van der Waals surface area contributed by atoms with E-state index in [-0.39, 0.29) is 0 Å². The lowest BCUT2D eigenvalue weighted by Gasteiger charge is -2.39. The van der Waals surface area contributed by atoms with Crippen molar-refractivity contribution in [3.8, 4) is 11.9 Å². The van der Waals surface area contributed by atoms with Gasteiger partial charge in [0.2, 0.25) is 5.88 Å². The minimum Gasteiger partial charge on any atom is -0.475 e. The number of anilines is 2. The first-order chi connectivity index (χ1) is 19.4. The summed E-state index contributed by atoms with van der Waals surface area (Å²) in [6.07, 6.45) is 2.06. The highest BCUT2D eigenvalue weighted by Crippen LogP contribution is 2.39. The van der Waals surface area contributed by atoms with E-state index in [9.17, 15) is 15.2 Å². The van der Waals surface area contributed by atoms with Gasteiger partial charge in [-0.3, -0.25) is 0 Å². The van der Waals surface area contributed by atoms with Crippen LogP contribution in [0.2, 0.25) is 0 Å². The van der Waals surface area contributed by atoms with Crippen LogP contribution in [0, 0.1) is 18.3 Å². The van der Waals surface area contributed by atoms with Gasteiger partial charge in [0.05, 0.1) is 17.9 Å². The summed E-state index contributed by atoms with van der Waals surface area (Å²) in [5.74, 6) is 0.396. The molecule has 2 saturated heterocycles. The van der Waals surface area contributed by atoms with Crippen LogP contribution in [0.5, 0.6) is 5.88 Å². The molecule has 4 heterocycles. The second-order valence-electron chi connectivity index (χ2n) is 11.1. The first-order valence-electron chi connectivity index (χ1n) is 14.2. The van der Waals surface area contributed by atoms with Crippen LogP contribution in [-0.2, 0) is 13.0 Å². The fourth-order valence-corrected chi connectivity index (χ4v) is 6.55. The quantitative estimate of drug-likeness (QED) is 0.513. The van der Waals surface area contributed by atoms with Crippen molar-refractivity contribution in [2.75, 3.05) is 62.7 Å². The highest BCUT2D eigenvalue weighted by molar-refractivity contribution is 5.97. The summed E-state index contributed by atoms with van der Waals surface area (Å²) in [4.78, 5) is 24.9. The third-order valence-electron chi connectivity index (χ3n) is 8.79. The van der Waals surface area contributed by atoms with Crippen molar-refractivity contribution in [3.05, 3.63) is 58.8 Å². The predicted molar refractivity (Wildman–Crippen MR) is 155 cm³/mol. The molecule has 1 amide bonds. The summed E-state index contributed by atoms with van der Waals surface area (Å²) in [6.45, 7) is 7.01. The Balaban J connectivity index is 1.38. The Bertz CT molecular complexity index is 1470. The number of rotatable bonds is 5. The van der Waals surface area contributed by atoms with Crippen LogP contribution in [0.4, 0.5) is 16.2 Å². The number of fused-ring (bicyclic) bond motifs is 2. The van der Waals surface area contributed by atoms with Crippen LogP contribution in [0.15, 0.2) is 36.4 Å². The second-order valence-corrected chi connectivity index (χ2v) is 11.1. The van der Waals surface area contributed by atoms with Crippen molar-refractivity contribution in [1.82, 2.24) is 14.8 Å². The number of likely N-dealkylation sites (tertiary alicyclic amines) is 1. The van der Waals surface area contributed by atoms with E-state index >= 15 is 0 Å². The number of amides is 1. The van der Waals surface area contributed by atoms with E-state index in [1.54, 1.807) is 0 Å². The van der Waals surface area contributed by atoms with Gasteiger partial charge in [-0.15, -0.1) is 0 Å². The number of ether oxygens (including phenoxy) is 1. The number of piperazine rings is 1. The van der Waals surface area contributed by atoms with E-state index in [0.717, 1.165) is 49.3 Å². The number of carbonyl (C=O) groups is 1. The molecule has 3 aliphatic heterocycles. The number of pyridine rings is 1. The van der Waals surface area contributed by atoms with Crippen molar-refractivity contribution < 1.29 is 14.6 Å². The molecule has 0 spiro atoms. The lowest BCUT2D eigenvalue weighted by molar-refractivity contribution is 0.142. The molecule has 0 saturated carbocycles. The first-order valence-corrected chi connectivity index (χ1v) is 14.2. The van der Waals surface area contributed by atoms with Crippen molar-refractivity contribution >= 4 is 28.2 Å².